The molecule has 1 aromatic rings. The zero-order chi connectivity index (χ0) is 14.6. The van der Waals surface area contributed by atoms with Gasteiger partial charge in [-0.25, -0.2) is 0 Å². The maximum atomic E-state index is 11.9. The van der Waals surface area contributed by atoms with Crippen LogP contribution in [0.5, 0.6) is 0 Å². The smallest absolute Gasteiger partial charge is 0.273 e. The van der Waals surface area contributed by atoms with Crippen molar-refractivity contribution in [1.82, 2.24) is 5.32 Å². The molecule has 0 aromatic heterocycles. The van der Waals surface area contributed by atoms with Crippen LogP contribution in [0.3, 0.4) is 0 Å². The first-order valence-electron chi connectivity index (χ1n) is 6.04. The molecule has 6 heteroatoms. The van der Waals surface area contributed by atoms with E-state index in [1.54, 1.807) is 0 Å². The number of carbonyl (C=O) groups is 1. The van der Waals surface area contributed by atoms with Gasteiger partial charge >= 0.3 is 0 Å². The van der Waals surface area contributed by atoms with E-state index in [1.807, 2.05) is 13.8 Å². The van der Waals surface area contributed by atoms with Crippen LogP contribution >= 0.6 is 0 Å². The number of nitro groups is 1. The second-order valence-corrected chi connectivity index (χ2v) is 4.73. The van der Waals surface area contributed by atoms with Crippen molar-refractivity contribution in [2.45, 2.75) is 26.9 Å². The summed E-state index contributed by atoms with van der Waals surface area (Å²) in [5.74, 6) is -0.382. The van der Waals surface area contributed by atoms with E-state index in [0.717, 1.165) is 0 Å². The van der Waals surface area contributed by atoms with Gasteiger partial charge in [-0.3, -0.25) is 14.9 Å². The number of amides is 1. The lowest BCUT2D eigenvalue weighted by atomic mass is 10.1. The number of nitrogens with zero attached hydrogens (tertiary/aromatic N) is 1. The molecule has 0 fully saturated rings. The highest BCUT2D eigenvalue weighted by Crippen LogP contribution is 2.20. The van der Waals surface area contributed by atoms with Crippen LogP contribution in [0.25, 0.3) is 0 Å². The van der Waals surface area contributed by atoms with E-state index in [-0.39, 0.29) is 23.7 Å². The van der Waals surface area contributed by atoms with E-state index in [1.165, 1.54) is 25.1 Å². The summed E-state index contributed by atoms with van der Waals surface area (Å²) < 4.78 is 0. The average Bonchev–Trinajstić information content (AvgIpc) is 2.35. The molecule has 0 aliphatic carbocycles. The number of rotatable bonds is 5. The number of nitro benzene ring substituents is 1. The minimum absolute atomic E-state index is 0.0338. The number of aliphatic hydroxyl groups is 1. The van der Waals surface area contributed by atoms with Gasteiger partial charge < -0.3 is 10.4 Å². The Morgan fingerprint density at radius 1 is 1.47 bits per heavy atom. The Balaban J connectivity index is 2.83. The first kappa shape index (κ1) is 15.1. The summed E-state index contributed by atoms with van der Waals surface area (Å²) in [6.07, 6.45) is -0.636. The lowest BCUT2D eigenvalue weighted by Crippen LogP contribution is -2.35. The Bertz CT molecular complexity index is 486. The number of benzene rings is 1. The van der Waals surface area contributed by atoms with E-state index in [4.69, 9.17) is 0 Å². The highest BCUT2D eigenvalue weighted by Gasteiger charge is 2.18. The van der Waals surface area contributed by atoms with Crippen LogP contribution in [0.4, 0.5) is 5.69 Å². The summed E-state index contributed by atoms with van der Waals surface area (Å²) in [6.45, 7) is 5.34. The maximum absolute atomic E-state index is 11.9. The Hall–Kier alpha value is -1.95. The monoisotopic (exact) mass is 266 g/mol. The Morgan fingerprint density at radius 2 is 2.11 bits per heavy atom. The molecule has 1 rings (SSSR count). The van der Waals surface area contributed by atoms with Gasteiger partial charge in [0.2, 0.25) is 0 Å². The fourth-order valence-electron chi connectivity index (χ4n) is 1.60. The van der Waals surface area contributed by atoms with Crippen LogP contribution < -0.4 is 5.32 Å². The molecule has 0 aliphatic heterocycles. The van der Waals surface area contributed by atoms with E-state index < -0.39 is 16.9 Å². The van der Waals surface area contributed by atoms with Gasteiger partial charge in [-0.1, -0.05) is 19.9 Å². The van der Waals surface area contributed by atoms with Crippen molar-refractivity contribution in [3.63, 3.8) is 0 Å². The molecule has 0 saturated heterocycles. The normalized spacial score (nSPS) is 12.3. The third-order valence-corrected chi connectivity index (χ3v) is 2.99. The predicted octanol–water partition coefficient (Wildman–Crippen LogP) is 1.65. The van der Waals surface area contributed by atoms with Gasteiger partial charge in [0.1, 0.15) is 0 Å². The number of aliphatic hydroxyl groups excluding tert-OH is 1. The van der Waals surface area contributed by atoms with Crippen molar-refractivity contribution in [2.24, 2.45) is 5.92 Å². The lowest BCUT2D eigenvalue weighted by Gasteiger charge is -2.15. The number of nitrogens with one attached hydrogen (secondary N) is 1. The van der Waals surface area contributed by atoms with E-state index in [9.17, 15) is 20.0 Å². The van der Waals surface area contributed by atoms with Gasteiger partial charge in [-0.15, -0.1) is 0 Å². The van der Waals surface area contributed by atoms with Crippen LogP contribution in [-0.4, -0.2) is 28.6 Å². The third kappa shape index (κ3) is 3.75. The van der Waals surface area contributed by atoms with Crippen molar-refractivity contribution in [3.8, 4) is 0 Å². The minimum Gasteiger partial charge on any atom is -0.391 e. The molecule has 0 aliphatic rings. The third-order valence-electron chi connectivity index (χ3n) is 2.99. The summed E-state index contributed by atoms with van der Waals surface area (Å²) in [6, 6.07) is 4.35. The largest absolute Gasteiger partial charge is 0.391 e. The quantitative estimate of drug-likeness (QED) is 0.626. The zero-order valence-electron chi connectivity index (χ0n) is 11.2. The van der Waals surface area contributed by atoms with Gasteiger partial charge in [0, 0.05) is 23.7 Å². The second-order valence-electron chi connectivity index (χ2n) is 4.73. The molecule has 0 radical (unpaired) electrons. The van der Waals surface area contributed by atoms with Crippen LogP contribution in [0.1, 0.15) is 29.8 Å². The molecular weight excluding hydrogens is 248 g/mol. The fourth-order valence-corrected chi connectivity index (χ4v) is 1.60. The molecule has 1 unspecified atom stereocenters. The summed E-state index contributed by atoms with van der Waals surface area (Å²) in [5.41, 5.74) is 0.492. The molecule has 19 heavy (non-hydrogen) atoms. The molecule has 0 spiro atoms. The first-order chi connectivity index (χ1) is 8.84. The second kappa shape index (κ2) is 6.29. The molecule has 104 valence electrons. The predicted molar refractivity (Wildman–Crippen MR) is 71.0 cm³/mol. The van der Waals surface area contributed by atoms with Gasteiger partial charge in [-0.05, 0) is 18.9 Å². The first-order valence-corrected chi connectivity index (χ1v) is 6.04. The van der Waals surface area contributed by atoms with Gasteiger partial charge in [-0.2, -0.15) is 0 Å². The van der Waals surface area contributed by atoms with Crippen LogP contribution in [0, 0.1) is 23.0 Å². The van der Waals surface area contributed by atoms with Gasteiger partial charge in [0.25, 0.3) is 11.6 Å². The molecule has 0 bridgehead atoms. The summed E-state index contributed by atoms with van der Waals surface area (Å²) in [4.78, 5) is 22.2. The van der Waals surface area contributed by atoms with Gasteiger partial charge in [0.15, 0.2) is 0 Å². The molecular formula is C13H18N2O4. The molecule has 6 nitrogen and oxygen atoms in total. The number of carbonyl (C=O) groups excluding carboxylic acids is 1. The lowest BCUT2D eigenvalue weighted by molar-refractivity contribution is -0.385. The Morgan fingerprint density at radius 3 is 2.63 bits per heavy atom. The van der Waals surface area contributed by atoms with Crippen molar-refractivity contribution in [1.29, 1.82) is 0 Å². The highest BCUT2D eigenvalue weighted by atomic mass is 16.6. The molecule has 0 heterocycles. The standard InChI is InChI=1S/C13H18N2O4/c1-8(2)12(16)7-14-13(17)10-5-4-6-11(9(10)3)15(18)19/h4-6,8,12,16H,7H2,1-3H3,(H,14,17). The molecule has 1 atom stereocenters. The van der Waals surface area contributed by atoms with Crippen LogP contribution in [0.15, 0.2) is 18.2 Å². The highest BCUT2D eigenvalue weighted by molar-refractivity contribution is 5.96. The van der Waals surface area contributed by atoms with Crippen molar-refractivity contribution >= 4 is 11.6 Å². The molecule has 1 amide bonds. The zero-order valence-corrected chi connectivity index (χ0v) is 11.2. The fraction of sp³-hybridized carbons (Fsp3) is 0.462. The molecule has 1 aromatic carbocycles. The maximum Gasteiger partial charge on any atom is 0.273 e. The molecule has 0 saturated carbocycles. The summed E-state index contributed by atoms with van der Waals surface area (Å²) in [7, 11) is 0. The Kier molecular flexibility index (Phi) is 5.00. The minimum atomic E-state index is -0.636. The van der Waals surface area contributed by atoms with Crippen molar-refractivity contribution in [3.05, 3.63) is 39.4 Å². The topological polar surface area (TPSA) is 92.5 Å². The summed E-state index contributed by atoms with van der Waals surface area (Å²) in [5, 5.41) is 23.0. The number of hydrogen-bond acceptors (Lipinski definition) is 4. The number of hydrogen-bond donors (Lipinski definition) is 2. The van der Waals surface area contributed by atoms with Crippen LogP contribution in [-0.2, 0) is 0 Å². The summed E-state index contributed by atoms with van der Waals surface area (Å²) >= 11 is 0. The van der Waals surface area contributed by atoms with Crippen molar-refractivity contribution < 1.29 is 14.8 Å². The Labute approximate surface area is 111 Å². The van der Waals surface area contributed by atoms with Crippen molar-refractivity contribution in [2.75, 3.05) is 6.54 Å². The van der Waals surface area contributed by atoms with E-state index in [2.05, 4.69) is 5.32 Å². The van der Waals surface area contributed by atoms with E-state index >= 15 is 0 Å². The average molecular weight is 266 g/mol. The molecule has 2 N–H and O–H groups in total. The van der Waals surface area contributed by atoms with Crippen LogP contribution in [0.2, 0.25) is 0 Å². The van der Waals surface area contributed by atoms with Gasteiger partial charge in [0.05, 0.1) is 11.0 Å². The SMILES string of the molecule is Cc1c(C(=O)NCC(O)C(C)C)cccc1[N+](=O)[O-]. The van der Waals surface area contributed by atoms with E-state index in [0.29, 0.717) is 5.56 Å².